The van der Waals surface area contributed by atoms with E-state index >= 15 is 0 Å². The Morgan fingerprint density at radius 1 is 0.615 bits per heavy atom. The van der Waals surface area contributed by atoms with E-state index in [4.69, 9.17) is 27.8 Å². The van der Waals surface area contributed by atoms with E-state index in [9.17, 15) is 0 Å². The summed E-state index contributed by atoms with van der Waals surface area (Å²) in [7, 11) is -3.14. The normalized spacial score (nSPS) is 22.9. The first kappa shape index (κ1) is 35.2. The maximum atomic E-state index is 7.50. The molecule has 0 aromatic rings. The molecule has 0 spiro atoms. The zero-order valence-electron chi connectivity index (χ0n) is 27.0. The zero-order chi connectivity index (χ0) is 28.8. The van der Waals surface area contributed by atoms with Gasteiger partial charge < -0.3 is 27.8 Å². The first-order valence-corrected chi connectivity index (χ1v) is 18.3. The summed E-state index contributed by atoms with van der Waals surface area (Å²) in [5.41, 5.74) is 0. The van der Waals surface area contributed by atoms with E-state index in [2.05, 4.69) is 55.4 Å². The molecule has 4 unspecified atom stereocenters. The van der Waals surface area contributed by atoms with Crippen molar-refractivity contribution in [2.75, 3.05) is 39.6 Å². The minimum atomic E-state index is -3.14. The van der Waals surface area contributed by atoms with Crippen LogP contribution >= 0.6 is 0 Å². The second kappa shape index (κ2) is 17.8. The molecule has 0 N–H and O–H groups in total. The Labute approximate surface area is 242 Å². The third-order valence-electron chi connectivity index (χ3n) is 8.81. The summed E-state index contributed by atoms with van der Waals surface area (Å²) in [6.45, 7) is 22.5. The van der Waals surface area contributed by atoms with E-state index in [1.807, 2.05) is 0 Å². The molecule has 0 saturated carbocycles. The van der Waals surface area contributed by atoms with Crippen LogP contribution in [0.25, 0.3) is 0 Å². The fraction of sp³-hybridized carbons (Fsp3) is 1.00. The van der Waals surface area contributed by atoms with Gasteiger partial charge >= 0.3 is 8.56 Å². The van der Waals surface area contributed by atoms with Gasteiger partial charge in [-0.15, -0.1) is 0 Å². The van der Waals surface area contributed by atoms with Crippen molar-refractivity contribution in [2.24, 2.45) is 0 Å². The highest BCUT2D eigenvalue weighted by atomic mass is 28.4. The van der Waals surface area contributed by atoms with Crippen LogP contribution in [-0.4, -0.2) is 72.6 Å². The number of unbranched alkanes of at least 4 members (excludes halogenated alkanes) is 2. The van der Waals surface area contributed by atoms with Gasteiger partial charge in [0.2, 0.25) is 0 Å². The van der Waals surface area contributed by atoms with Crippen LogP contribution in [0.4, 0.5) is 0 Å². The minimum absolute atomic E-state index is 0.0463. The number of ether oxygens (including phenoxy) is 4. The van der Waals surface area contributed by atoms with Crippen molar-refractivity contribution < 1.29 is 27.8 Å². The average Bonchev–Trinajstić information content (AvgIpc) is 2.80. The van der Waals surface area contributed by atoms with Gasteiger partial charge in [-0.3, -0.25) is 0 Å². The smallest absolute Gasteiger partial charge is 0.356 e. The molecular weight excluding hydrogens is 508 g/mol. The Hall–Kier alpha value is -0.0231. The molecule has 0 aromatic carbocycles. The maximum Gasteiger partial charge on any atom is 0.356 e. The molecular formula is C32H64O6Si. The second-order valence-electron chi connectivity index (χ2n) is 12.5. The molecule has 0 radical (unpaired) electrons. The predicted octanol–water partition coefficient (Wildman–Crippen LogP) is 8.35. The van der Waals surface area contributed by atoms with Crippen LogP contribution in [0.2, 0.25) is 10.1 Å². The van der Waals surface area contributed by atoms with E-state index < -0.39 is 8.56 Å². The van der Waals surface area contributed by atoms with E-state index in [-0.39, 0.29) is 34.5 Å². The Kier molecular flexibility index (Phi) is 16.1. The van der Waals surface area contributed by atoms with Crippen molar-refractivity contribution in [3.63, 3.8) is 0 Å². The number of hydrogen-bond acceptors (Lipinski definition) is 6. The first-order chi connectivity index (χ1) is 18.8. The van der Waals surface area contributed by atoms with Gasteiger partial charge in [-0.1, -0.05) is 53.4 Å². The van der Waals surface area contributed by atoms with Crippen molar-refractivity contribution in [1.29, 1.82) is 0 Å². The largest absolute Gasteiger partial charge is 0.391 e. The van der Waals surface area contributed by atoms with Crippen LogP contribution in [0, 0.1) is 0 Å². The maximum absolute atomic E-state index is 7.50. The summed E-state index contributed by atoms with van der Waals surface area (Å²) >= 11 is 0. The highest BCUT2D eigenvalue weighted by molar-refractivity contribution is 6.74. The standard InChI is InChI=1S/C32H64O6Si/c1-9-13-21-33-25-19-31(17-11-3,29-15-23-35-29)39(37-27(5)6,38-28(7)8)32(18-12-4,30-16-24-36-30)20-26-34-22-14-10-2/h27-30H,9-26H2,1-8H3. The summed E-state index contributed by atoms with van der Waals surface area (Å²) in [6, 6.07) is 0. The minimum Gasteiger partial charge on any atom is -0.391 e. The molecule has 2 heterocycles. The van der Waals surface area contributed by atoms with E-state index in [1.165, 1.54) is 0 Å². The Morgan fingerprint density at radius 2 is 1.00 bits per heavy atom. The zero-order valence-corrected chi connectivity index (χ0v) is 28.0. The average molecular weight is 573 g/mol. The van der Waals surface area contributed by atoms with Crippen molar-refractivity contribution in [1.82, 2.24) is 0 Å². The molecule has 0 bridgehead atoms. The van der Waals surface area contributed by atoms with Crippen molar-refractivity contribution in [3.8, 4) is 0 Å². The van der Waals surface area contributed by atoms with Gasteiger partial charge in [0.1, 0.15) is 0 Å². The molecule has 2 fully saturated rings. The molecule has 2 saturated heterocycles. The quantitative estimate of drug-likeness (QED) is 0.0856. The molecule has 39 heavy (non-hydrogen) atoms. The third kappa shape index (κ3) is 8.52. The van der Waals surface area contributed by atoms with Crippen molar-refractivity contribution in [3.05, 3.63) is 0 Å². The van der Waals surface area contributed by atoms with Crippen LogP contribution in [0.3, 0.4) is 0 Å². The highest BCUT2D eigenvalue weighted by Crippen LogP contribution is 2.68. The monoisotopic (exact) mass is 572 g/mol. The topological polar surface area (TPSA) is 55.4 Å². The van der Waals surface area contributed by atoms with Gasteiger partial charge in [0.05, 0.1) is 12.2 Å². The van der Waals surface area contributed by atoms with Gasteiger partial charge in [-0.2, -0.15) is 0 Å². The fourth-order valence-electron chi connectivity index (χ4n) is 7.07. The van der Waals surface area contributed by atoms with Gasteiger partial charge in [0, 0.05) is 61.9 Å². The Morgan fingerprint density at radius 3 is 1.26 bits per heavy atom. The highest BCUT2D eigenvalue weighted by Gasteiger charge is 2.74. The van der Waals surface area contributed by atoms with E-state index in [1.54, 1.807) is 0 Å². The van der Waals surface area contributed by atoms with Gasteiger partial charge in [-0.25, -0.2) is 0 Å². The van der Waals surface area contributed by atoms with Crippen molar-refractivity contribution >= 4 is 8.56 Å². The molecule has 7 heteroatoms. The van der Waals surface area contributed by atoms with Gasteiger partial charge in [0.15, 0.2) is 0 Å². The molecule has 6 nitrogen and oxygen atoms in total. The summed E-state index contributed by atoms with van der Waals surface area (Å²) in [5, 5.41) is -0.448. The Balaban J connectivity index is 2.73. The van der Waals surface area contributed by atoms with Crippen LogP contribution in [-0.2, 0) is 27.8 Å². The molecule has 0 amide bonds. The lowest BCUT2D eigenvalue weighted by Gasteiger charge is -2.64. The predicted molar refractivity (Wildman–Crippen MR) is 163 cm³/mol. The van der Waals surface area contributed by atoms with Gasteiger partial charge in [0.25, 0.3) is 0 Å². The van der Waals surface area contributed by atoms with Crippen LogP contribution in [0.1, 0.15) is 132 Å². The third-order valence-corrected chi connectivity index (χ3v) is 14.7. The Bertz CT molecular complexity index is 584. The summed E-state index contributed by atoms with van der Waals surface area (Å²) in [6.07, 6.45) is 13.0. The molecule has 4 atom stereocenters. The first-order valence-electron chi connectivity index (χ1n) is 16.5. The lowest BCUT2D eigenvalue weighted by atomic mass is 9.86. The lowest BCUT2D eigenvalue weighted by Crippen LogP contribution is -2.72. The van der Waals surface area contributed by atoms with Crippen LogP contribution in [0.15, 0.2) is 0 Å². The van der Waals surface area contributed by atoms with Crippen LogP contribution < -0.4 is 0 Å². The van der Waals surface area contributed by atoms with Gasteiger partial charge in [-0.05, 0) is 79.1 Å². The van der Waals surface area contributed by atoms with E-state index in [0.29, 0.717) is 0 Å². The second-order valence-corrected chi connectivity index (χ2v) is 16.2. The van der Waals surface area contributed by atoms with Crippen LogP contribution in [0.5, 0.6) is 0 Å². The molecule has 232 valence electrons. The van der Waals surface area contributed by atoms with E-state index in [0.717, 1.165) is 117 Å². The molecule has 0 aliphatic carbocycles. The SMILES string of the molecule is CCCCOCCC(CCC)(C1CCO1)[Si](OC(C)C)(OC(C)C)C(CCC)(CCOCCCC)C1CCO1. The lowest BCUT2D eigenvalue weighted by molar-refractivity contribution is -0.130. The molecule has 2 aliphatic heterocycles. The summed E-state index contributed by atoms with van der Waals surface area (Å²) < 4.78 is 40.6. The fourth-order valence-corrected chi connectivity index (χ4v) is 13.7. The van der Waals surface area contributed by atoms with Crippen molar-refractivity contribution in [2.45, 2.75) is 167 Å². The number of hydrogen-bond donors (Lipinski definition) is 0. The summed E-state index contributed by atoms with van der Waals surface area (Å²) in [4.78, 5) is 0. The molecule has 2 rings (SSSR count). The number of rotatable bonds is 24. The molecule has 0 aromatic heterocycles. The summed E-state index contributed by atoms with van der Waals surface area (Å²) in [5.74, 6) is 0. The molecule has 2 aliphatic rings.